The van der Waals surface area contributed by atoms with Crippen molar-refractivity contribution >= 4 is 44.8 Å². The van der Waals surface area contributed by atoms with Gasteiger partial charge in [0.15, 0.2) is 0 Å². The maximum absolute atomic E-state index is 9.82. The number of nitrogens with one attached hydrogen (secondary N) is 3. The van der Waals surface area contributed by atoms with Crippen molar-refractivity contribution in [3.05, 3.63) is 70.8 Å². The molecule has 0 unspecified atom stereocenters. The van der Waals surface area contributed by atoms with E-state index in [0.717, 1.165) is 51.8 Å². The summed E-state index contributed by atoms with van der Waals surface area (Å²) in [6.07, 6.45) is 7.66. The first kappa shape index (κ1) is 24.2. The fourth-order valence-electron chi connectivity index (χ4n) is 4.63. The predicted octanol–water partition coefficient (Wildman–Crippen LogP) is 6.22. The highest BCUT2D eigenvalue weighted by Gasteiger charge is 2.28. The van der Waals surface area contributed by atoms with Crippen LogP contribution in [0.25, 0.3) is 21.8 Å². The molecule has 1 fully saturated rings. The van der Waals surface area contributed by atoms with Crippen LogP contribution in [0.2, 0.25) is 5.02 Å². The Morgan fingerprint density at radius 1 is 1.21 bits per heavy atom. The van der Waals surface area contributed by atoms with Gasteiger partial charge in [-0.15, -0.1) is 5.10 Å². The minimum atomic E-state index is -0.310. The first-order valence-corrected chi connectivity index (χ1v) is 13.0. The summed E-state index contributed by atoms with van der Waals surface area (Å²) >= 11 is 6.77. The fraction of sp³-hybridized carbons (Fsp3) is 0.321. The van der Waals surface area contributed by atoms with Gasteiger partial charge in [-0.1, -0.05) is 49.7 Å². The summed E-state index contributed by atoms with van der Waals surface area (Å²) in [7, 11) is 0. The Morgan fingerprint density at radius 3 is 2.82 bits per heavy atom. The average molecular weight is 526 g/mol. The van der Waals surface area contributed by atoms with Gasteiger partial charge in [-0.25, -0.2) is 4.68 Å². The van der Waals surface area contributed by atoms with Crippen LogP contribution in [0, 0.1) is 16.7 Å². The summed E-state index contributed by atoms with van der Waals surface area (Å²) in [6.45, 7) is 7.12. The normalized spacial score (nSPS) is 14.5. The number of anilines is 2. The summed E-state index contributed by atoms with van der Waals surface area (Å²) in [5, 5.41) is 35.5. The number of hydrogen-bond donors (Lipinski definition) is 3. The molecule has 10 heteroatoms. The highest BCUT2D eigenvalue weighted by molar-refractivity contribution is 6.35. The molecular weight excluding hydrogens is 498 g/mol. The van der Waals surface area contributed by atoms with Gasteiger partial charge in [0.1, 0.15) is 11.8 Å². The highest BCUT2D eigenvalue weighted by atomic mass is 35.5. The van der Waals surface area contributed by atoms with Crippen molar-refractivity contribution in [1.29, 1.82) is 5.26 Å². The molecule has 0 bridgehead atoms. The fourth-order valence-corrected chi connectivity index (χ4v) is 4.90. The second-order valence-electron chi connectivity index (χ2n) is 11.0. The van der Waals surface area contributed by atoms with Gasteiger partial charge in [-0.2, -0.15) is 10.4 Å². The van der Waals surface area contributed by atoms with Crippen LogP contribution in [0.3, 0.4) is 0 Å². The number of pyridine rings is 1. The Labute approximate surface area is 225 Å². The van der Waals surface area contributed by atoms with Gasteiger partial charge in [0, 0.05) is 29.2 Å². The average Bonchev–Trinajstić information content (AvgIpc) is 3.41. The molecule has 192 valence electrons. The van der Waals surface area contributed by atoms with Gasteiger partial charge in [0.25, 0.3) is 0 Å². The van der Waals surface area contributed by atoms with Gasteiger partial charge in [-0.05, 0) is 42.0 Å². The third-order valence-corrected chi connectivity index (χ3v) is 7.01. The molecule has 1 aliphatic carbocycles. The van der Waals surface area contributed by atoms with E-state index < -0.39 is 0 Å². The Morgan fingerprint density at radius 2 is 2.05 bits per heavy atom. The molecule has 0 amide bonds. The smallest absolute Gasteiger partial charge is 0.110 e. The molecule has 3 N–H and O–H groups in total. The van der Waals surface area contributed by atoms with Crippen LogP contribution in [0.1, 0.15) is 62.5 Å². The zero-order valence-electron chi connectivity index (χ0n) is 21.5. The van der Waals surface area contributed by atoms with Gasteiger partial charge < -0.3 is 10.6 Å². The number of fused-ring (bicyclic) bond motifs is 2. The van der Waals surface area contributed by atoms with Gasteiger partial charge in [0.2, 0.25) is 0 Å². The maximum atomic E-state index is 9.82. The largest absolute Gasteiger partial charge is 0.383 e. The minimum Gasteiger partial charge on any atom is -0.383 e. The molecule has 5 aromatic rings. The lowest BCUT2D eigenvalue weighted by Gasteiger charge is -2.22. The van der Waals surface area contributed by atoms with Crippen molar-refractivity contribution in [2.24, 2.45) is 5.41 Å². The number of halogens is 1. The van der Waals surface area contributed by atoms with Crippen molar-refractivity contribution in [3.8, 4) is 6.07 Å². The van der Waals surface area contributed by atoms with Gasteiger partial charge in [-0.3, -0.25) is 10.1 Å². The van der Waals surface area contributed by atoms with E-state index in [9.17, 15) is 5.26 Å². The number of rotatable bonds is 7. The minimum absolute atomic E-state index is 0.0176. The quantitative estimate of drug-likeness (QED) is 0.230. The van der Waals surface area contributed by atoms with Crippen molar-refractivity contribution in [1.82, 2.24) is 30.2 Å². The standard InChI is InChI=1S/C28H28ClN9/c1-28(2,3)15-32-25-16(11-30)12-31-26-20(25)9-17(10-22(26)29)34-27(24-14-38(37-36-24)18-7-8-18)19-5-4-6-23-21(19)13-33-35-23/h4-6,9-10,12-14,18,27,34H,7-8,15H2,1-3H3,(H,31,32)(H,33,35)/t27-/m0/s1. The van der Waals surface area contributed by atoms with Crippen LogP contribution in [0.15, 0.2) is 48.9 Å². The molecule has 6 rings (SSSR count). The molecule has 9 nitrogen and oxygen atoms in total. The molecule has 1 atom stereocenters. The summed E-state index contributed by atoms with van der Waals surface area (Å²) in [5.74, 6) is 0. The number of H-pyrrole nitrogens is 1. The van der Waals surface area contributed by atoms with E-state index in [1.54, 1.807) is 6.20 Å². The second-order valence-corrected chi connectivity index (χ2v) is 11.4. The number of hydrogen-bond acceptors (Lipinski definition) is 7. The summed E-state index contributed by atoms with van der Waals surface area (Å²) in [4.78, 5) is 4.50. The predicted molar refractivity (Wildman–Crippen MR) is 149 cm³/mol. The van der Waals surface area contributed by atoms with E-state index in [2.05, 4.69) is 69.0 Å². The van der Waals surface area contributed by atoms with E-state index in [1.807, 2.05) is 41.3 Å². The van der Waals surface area contributed by atoms with Crippen LogP contribution in [0.5, 0.6) is 0 Å². The van der Waals surface area contributed by atoms with Crippen LogP contribution < -0.4 is 10.6 Å². The third-order valence-electron chi connectivity index (χ3n) is 6.73. The van der Waals surface area contributed by atoms with Crippen molar-refractivity contribution in [2.75, 3.05) is 17.2 Å². The Hall–Kier alpha value is -4.16. The maximum Gasteiger partial charge on any atom is 0.110 e. The molecule has 0 radical (unpaired) electrons. The van der Waals surface area contributed by atoms with Crippen LogP contribution in [0.4, 0.5) is 11.4 Å². The van der Waals surface area contributed by atoms with E-state index in [1.165, 1.54) is 0 Å². The number of nitrogens with zero attached hydrogens (tertiary/aromatic N) is 6. The molecule has 2 aromatic carbocycles. The lowest BCUT2D eigenvalue weighted by Crippen LogP contribution is -2.20. The molecule has 3 aromatic heterocycles. The number of nitriles is 1. The summed E-state index contributed by atoms with van der Waals surface area (Å²) in [5.41, 5.74) is 5.40. The molecule has 0 spiro atoms. The van der Waals surface area contributed by atoms with Gasteiger partial charge >= 0.3 is 0 Å². The molecule has 0 saturated heterocycles. The third kappa shape index (κ3) is 4.63. The summed E-state index contributed by atoms with van der Waals surface area (Å²) < 4.78 is 1.95. The van der Waals surface area contributed by atoms with E-state index >= 15 is 0 Å². The van der Waals surface area contributed by atoms with Crippen molar-refractivity contribution < 1.29 is 0 Å². The molecule has 1 aliphatic rings. The zero-order valence-corrected chi connectivity index (χ0v) is 22.2. The first-order chi connectivity index (χ1) is 18.3. The molecule has 1 saturated carbocycles. The SMILES string of the molecule is CC(C)(C)CNc1c(C#N)cnc2c(Cl)cc(N[C@H](c3cn(C4CC4)nn3)c3cccc4[nH]ncc34)cc12. The van der Waals surface area contributed by atoms with Crippen LogP contribution in [-0.4, -0.2) is 36.7 Å². The van der Waals surface area contributed by atoms with Gasteiger partial charge in [0.05, 0.1) is 51.8 Å². The second kappa shape index (κ2) is 9.30. The molecular formula is C28H28ClN9. The Bertz CT molecular complexity index is 1680. The highest BCUT2D eigenvalue weighted by Crippen LogP contribution is 2.38. The van der Waals surface area contributed by atoms with Crippen LogP contribution in [-0.2, 0) is 0 Å². The van der Waals surface area contributed by atoms with E-state index in [-0.39, 0.29) is 11.5 Å². The number of aromatic nitrogens is 6. The Kier molecular flexibility index (Phi) is 5.92. The Balaban J connectivity index is 1.46. The topological polar surface area (TPSA) is 120 Å². The van der Waals surface area contributed by atoms with Crippen molar-refractivity contribution in [2.45, 2.75) is 45.7 Å². The zero-order chi connectivity index (χ0) is 26.4. The molecule has 38 heavy (non-hydrogen) atoms. The first-order valence-electron chi connectivity index (χ1n) is 12.7. The van der Waals surface area contributed by atoms with E-state index in [0.29, 0.717) is 28.7 Å². The monoisotopic (exact) mass is 525 g/mol. The number of aromatic amines is 1. The molecule has 0 aliphatic heterocycles. The number of benzene rings is 2. The van der Waals surface area contributed by atoms with Crippen LogP contribution >= 0.6 is 11.6 Å². The summed E-state index contributed by atoms with van der Waals surface area (Å²) in [6, 6.07) is 12.3. The lowest BCUT2D eigenvalue weighted by molar-refractivity contribution is 0.443. The molecule has 3 heterocycles. The lowest BCUT2D eigenvalue weighted by atomic mass is 9.96. The van der Waals surface area contributed by atoms with Crippen molar-refractivity contribution in [3.63, 3.8) is 0 Å². The van der Waals surface area contributed by atoms with E-state index in [4.69, 9.17) is 11.6 Å².